The molecule has 0 atom stereocenters. The number of benzene rings is 2. The number of halogens is 2. The molecule has 2 nitrogen and oxygen atoms in total. The van der Waals surface area contributed by atoms with Crippen LogP contribution in [-0.4, -0.2) is 0 Å². The van der Waals surface area contributed by atoms with Crippen LogP contribution in [0, 0.1) is 23.0 Å². The van der Waals surface area contributed by atoms with Gasteiger partial charge in [-0.15, -0.1) is 0 Å². The number of nitrogen functional groups attached to an aromatic ring is 1. The Morgan fingerprint density at radius 2 is 1.89 bits per heavy atom. The molecule has 0 radical (unpaired) electrons. The fourth-order valence-electron chi connectivity index (χ4n) is 1.40. The molecule has 18 heavy (non-hydrogen) atoms. The van der Waals surface area contributed by atoms with Gasteiger partial charge < -0.3 is 5.73 Å². The number of nitrogens with two attached hydrogens (primary N) is 1. The van der Waals surface area contributed by atoms with Crippen LogP contribution in [0.5, 0.6) is 0 Å². The topological polar surface area (TPSA) is 49.8 Å². The van der Waals surface area contributed by atoms with Crippen LogP contribution in [0.25, 0.3) is 0 Å². The van der Waals surface area contributed by atoms with Crippen molar-refractivity contribution in [2.45, 2.75) is 9.79 Å². The first-order valence-corrected chi connectivity index (χ1v) is 5.85. The summed E-state index contributed by atoms with van der Waals surface area (Å²) in [6, 6.07) is 10.6. The highest BCUT2D eigenvalue weighted by molar-refractivity contribution is 7.99. The minimum Gasteiger partial charge on any atom is -0.397 e. The van der Waals surface area contributed by atoms with Gasteiger partial charge in [0, 0.05) is 9.79 Å². The van der Waals surface area contributed by atoms with Crippen LogP contribution in [0.1, 0.15) is 5.56 Å². The third-order valence-corrected chi connectivity index (χ3v) is 3.37. The Morgan fingerprint density at radius 3 is 2.56 bits per heavy atom. The Labute approximate surface area is 107 Å². The van der Waals surface area contributed by atoms with Gasteiger partial charge in [0.2, 0.25) is 0 Å². The summed E-state index contributed by atoms with van der Waals surface area (Å²) in [7, 11) is 0. The molecule has 0 spiro atoms. The van der Waals surface area contributed by atoms with Gasteiger partial charge in [-0.25, -0.2) is 8.78 Å². The fourth-order valence-corrected chi connectivity index (χ4v) is 2.32. The van der Waals surface area contributed by atoms with Crippen molar-refractivity contribution < 1.29 is 8.78 Å². The zero-order chi connectivity index (χ0) is 13.1. The van der Waals surface area contributed by atoms with Crippen molar-refractivity contribution in [3.63, 3.8) is 0 Å². The van der Waals surface area contributed by atoms with Gasteiger partial charge in [-0.2, -0.15) is 5.26 Å². The standard InChI is InChI=1S/C13H8F2N2S/c14-10-5-4-9(6-11(10)15)18-12-3-1-2-8(7-16)13(12)17/h1-6H,17H2. The first-order chi connectivity index (χ1) is 8.61. The van der Waals surface area contributed by atoms with Crippen molar-refractivity contribution in [1.29, 1.82) is 5.26 Å². The van der Waals surface area contributed by atoms with Gasteiger partial charge in [-0.1, -0.05) is 17.8 Å². The molecule has 90 valence electrons. The average molecular weight is 262 g/mol. The first-order valence-electron chi connectivity index (χ1n) is 5.03. The van der Waals surface area contributed by atoms with Gasteiger partial charge in [0.25, 0.3) is 0 Å². The average Bonchev–Trinajstić information content (AvgIpc) is 2.36. The van der Waals surface area contributed by atoms with Gasteiger partial charge in [-0.3, -0.25) is 0 Å². The molecule has 0 unspecified atom stereocenters. The maximum Gasteiger partial charge on any atom is 0.159 e. The van der Waals surface area contributed by atoms with E-state index in [2.05, 4.69) is 0 Å². The molecule has 0 aliphatic carbocycles. The van der Waals surface area contributed by atoms with E-state index in [-0.39, 0.29) is 0 Å². The van der Waals surface area contributed by atoms with E-state index < -0.39 is 11.6 Å². The molecule has 0 aliphatic heterocycles. The summed E-state index contributed by atoms with van der Waals surface area (Å²) in [5.74, 6) is -1.80. The normalized spacial score (nSPS) is 10.1. The van der Waals surface area contributed by atoms with Crippen molar-refractivity contribution in [3.8, 4) is 6.07 Å². The van der Waals surface area contributed by atoms with Gasteiger partial charge in [0.15, 0.2) is 11.6 Å². The van der Waals surface area contributed by atoms with E-state index >= 15 is 0 Å². The molecule has 5 heteroatoms. The van der Waals surface area contributed by atoms with Crippen LogP contribution in [0.4, 0.5) is 14.5 Å². The summed E-state index contributed by atoms with van der Waals surface area (Å²) in [4.78, 5) is 1.16. The van der Waals surface area contributed by atoms with Crippen LogP contribution in [0.3, 0.4) is 0 Å². The Morgan fingerprint density at radius 1 is 1.11 bits per heavy atom. The Kier molecular flexibility index (Phi) is 3.49. The highest BCUT2D eigenvalue weighted by Gasteiger charge is 2.08. The van der Waals surface area contributed by atoms with E-state index in [1.54, 1.807) is 18.2 Å². The van der Waals surface area contributed by atoms with E-state index in [1.807, 2.05) is 6.07 Å². The zero-order valence-corrected chi connectivity index (χ0v) is 9.97. The molecule has 0 aliphatic rings. The lowest BCUT2D eigenvalue weighted by Gasteiger charge is -2.06. The second-order valence-electron chi connectivity index (χ2n) is 3.51. The van der Waals surface area contributed by atoms with Crippen LogP contribution in [-0.2, 0) is 0 Å². The number of rotatable bonds is 2. The fraction of sp³-hybridized carbons (Fsp3) is 0. The molecule has 2 rings (SSSR count). The van der Waals surface area contributed by atoms with Gasteiger partial charge in [-0.05, 0) is 30.3 Å². The molecule has 2 aromatic rings. The van der Waals surface area contributed by atoms with Crippen molar-refractivity contribution in [2.75, 3.05) is 5.73 Å². The summed E-state index contributed by atoms with van der Waals surface area (Å²) in [6.07, 6.45) is 0. The zero-order valence-electron chi connectivity index (χ0n) is 9.15. The van der Waals surface area contributed by atoms with Gasteiger partial charge >= 0.3 is 0 Å². The van der Waals surface area contributed by atoms with Crippen LogP contribution in [0.15, 0.2) is 46.2 Å². The summed E-state index contributed by atoms with van der Waals surface area (Å²) in [5, 5.41) is 8.84. The highest BCUT2D eigenvalue weighted by atomic mass is 32.2. The summed E-state index contributed by atoms with van der Waals surface area (Å²) < 4.78 is 25.8. The number of anilines is 1. The predicted molar refractivity (Wildman–Crippen MR) is 66.1 cm³/mol. The first kappa shape index (κ1) is 12.4. The van der Waals surface area contributed by atoms with Crippen LogP contribution in [0.2, 0.25) is 0 Å². The number of nitrogens with zero attached hydrogens (tertiary/aromatic N) is 1. The summed E-state index contributed by atoms with van der Waals surface area (Å²) >= 11 is 1.18. The molecule has 2 N–H and O–H groups in total. The lowest BCUT2D eigenvalue weighted by molar-refractivity contribution is 0.506. The van der Waals surface area contributed by atoms with Crippen molar-refractivity contribution in [2.24, 2.45) is 0 Å². The van der Waals surface area contributed by atoms with E-state index in [1.165, 1.54) is 17.8 Å². The van der Waals surface area contributed by atoms with Gasteiger partial charge in [0.05, 0.1) is 11.3 Å². The van der Waals surface area contributed by atoms with Crippen LogP contribution >= 0.6 is 11.8 Å². The van der Waals surface area contributed by atoms with E-state index in [9.17, 15) is 8.78 Å². The molecule has 0 fully saturated rings. The number of hydrogen-bond acceptors (Lipinski definition) is 3. The quantitative estimate of drug-likeness (QED) is 0.842. The third-order valence-electron chi connectivity index (χ3n) is 2.31. The maximum absolute atomic E-state index is 13.1. The lowest BCUT2D eigenvalue weighted by atomic mass is 10.2. The number of para-hydroxylation sites is 1. The Hall–Kier alpha value is -2.06. The SMILES string of the molecule is N#Cc1cccc(Sc2ccc(F)c(F)c2)c1N. The van der Waals surface area contributed by atoms with Crippen LogP contribution < -0.4 is 5.73 Å². The van der Waals surface area contributed by atoms with E-state index in [0.717, 1.165) is 12.1 Å². The van der Waals surface area contributed by atoms with Gasteiger partial charge in [0.1, 0.15) is 6.07 Å². The Bertz CT molecular complexity index is 635. The number of hydrogen-bond donors (Lipinski definition) is 1. The minimum atomic E-state index is -0.907. The molecule has 2 aromatic carbocycles. The predicted octanol–water partition coefficient (Wildman–Crippen LogP) is 3.57. The smallest absolute Gasteiger partial charge is 0.159 e. The molecule has 0 heterocycles. The van der Waals surface area contributed by atoms with E-state index in [4.69, 9.17) is 11.0 Å². The molecule has 0 amide bonds. The molecular weight excluding hydrogens is 254 g/mol. The van der Waals surface area contributed by atoms with Crippen molar-refractivity contribution >= 4 is 17.4 Å². The molecule has 0 saturated carbocycles. The third kappa shape index (κ3) is 2.44. The molecule has 0 aromatic heterocycles. The largest absolute Gasteiger partial charge is 0.397 e. The second kappa shape index (κ2) is 5.07. The Balaban J connectivity index is 2.35. The monoisotopic (exact) mass is 262 g/mol. The summed E-state index contributed by atoms with van der Waals surface area (Å²) in [5.41, 5.74) is 6.50. The molecule has 0 saturated heterocycles. The number of nitriles is 1. The van der Waals surface area contributed by atoms with Crippen molar-refractivity contribution in [1.82, 2.24) is 0 Å². The summed E-state index contributed by atoms with van der Waals surface area (Å²) in [6.45, 7) is 0. The van der Waals surface area contributed by atoms with E-state index in [0.29, 0.717) is 21.0 Å². The molecule has 0 bridgehead atoms. The minimum absolute atomic E-state index is 0.342. The maximum atomic E-state index is 13.1. The molecular formula is C13H8F2N2S. The van der Waals surface area contributed by atoms with Crippen molar-refractivity contribution in [3.05, 3.63) is 53.6 Å². The highest BCUT2D eigenvalue weighted by Crippen LogP contribution is 2.34. The second-order valence-corrected chi connectivity index (χ2v) is 4.62. The lowest BCUT2D eigenvalue weighted by Crippen LogP contribution is -1.93.